The summed E-state index contributed by atoms with van der Waals surface area (Å²) < 4.78 is 11.2. The highest BCUT2D eigenvalue weighted by Gasteiger charge is 2.14. The normalized spacial score (nSPS) is 13.9. The summed E-state index contributed by atoms with van der Waals surface area (Å²) in [6.07, 6.45) is 3.45. The van der Waals surface area contributed by atoms with Gasteiger partial charge in [-0.15, -0.1) is 0 Å². The number of rotatable bonds is 4. The van der Waals surface area contributed by atoms with Crippen molar-refractivity contribution < 1.29 is 9.47 Å². The van der Waals surface area contributed by atoms with Crippen LogP contribution in [-0.4, -0.2) is 18.5 Å². The SMILES string of the molecule is BrCCCCc1cccc2c1OCCO2. The number of benzene rings is 1. The van der Waals surface area contributed by atoms with Crippen LogP contribution in [0.1, 0.15) is 18.4 Å². The molecule has 0 bridgehead atoms. The molecule has 0 atom stereocenters. The van der Waals surface area contributed by atoms with Crippen molar-refractivity contribution >= 4 is 15.9 Å². The molecule has 1 aromatic rings. The first-order chi connectivity index (χ1) is 7.42. The van der Waals surface area contributed by atoms with Crippen molar-refractivity contribution in [1.82, 2.24) is 0 Å². The zero-order chi connectivity index (χ0) is 10.5. The van der Waals surface area contributed by atoms with Crippen LogP contribution in [0.4, 0.5) is 0 Å². The van der Waals surface area contributed by atoms with Crippen molar-refractivity contribution in [1.29, 1.82) is 0 Å². The topological polar surface area (TPSA) is 18.5 Å². The molecule has 3 heteroatoms. The van der Waals surface area contributed by atoms with E-state index in [1.54, 1.807) is 0 Å². The fraction of sp³-hybridized carbons (Fsp3) is 0.500. The predicted octanol–water partition coefficient (Wildman–Crippen LogP) is 3.18. The number of hydrogen-bond acceptors (Lipinski definition) is 2. The van der Waals surface area contributed by atoms with E-state index in [0.29, 0.717) is 13.2 Å². The minimum atomic E-state index is 0.665. The lowest BCUT2D eigenvalue weighted by Gasteiger charge is -2.20. The van der Waals surface area contributed by atoms with E-state index in [0.717, 1.165) is 23.2 Å². The zero-order valence-electron chi connectivity index (χ0n) is 8.67. The summed E-state index contributed by atoms with van der Waals surface area (Å²) in [6, 6.07) is 6.14. The highest BCUT2D eigenvalue weighted by molar-refractivity contribution is 9.09. The Hall–Kier alpha value is -0.700. The molecule has 0 aromatic heterocycles. The second-order valence-corrected chi connectivity index (χ2v) is 4.38. The summed E-state index contributed by atoms with van der Waals surface area (Å²) in [5, 5.41) is 1.07. The van der Waals surface area contributed by atoms with Crippen LogP contribution in [0.25, 0.3) is 0 Å². The second-order valence-electron chi connectivity index (χ2n) is 3.59. The average Bonchev–Trinajstić information content (AvgIpc) is 2.30. The lowest BCUT2D eigenvalue weighted by molar-refractivity contribution is 0.170. The molecule has 0 saturated heterocycles. The molecule has 0 saturated carbocycles. The number of halogens is 1. The summed E-state index contributed by atoms with van der Waals surface area (Å²) >= 11 is 3.44. The third-order valence-corrected chi connectivity index (χ3v) is 3.04. The van der Waals surface area contributed by atoms with Crippen LogP contribution in [0.15, 0.2) is 18.2 Å². The number of alkyl halides is 1. The highest BCUT2D eigenvalue weighted by Crippen LogP contribution is 2.34. The van der Waals surface area contributed by atoms with Crippen molar-refractivity contribution in [3.8, 4) is 11.5 Å². The molecule has 2 rings (SSSR count). The fourth-order valence-corrected chi connectivity index (χ4v) is 2.14. The maximum Gasteiger partial charge on any atom is 0.164 e. The van der Waals surface area contributed by atoms with Gasteiger partial charge in [-0.05, 0) is 30.9 Å². The van der Waals surface area contributed by atoms with Gasteiger partial charge in [-0.25, -0.2) is 0 Å². The van der Waals surface area contributed by atoms with Crippen LogP contribution in [0, 0.1) is 0 Å². The summed E-state index contributed by atoms with van der Waals surface area (Å²) in [6.45, 7) is 1.33. The van der Waals surface area contributed by atoms with Crippen LogP contribution in [-0.2, 0) is 6.42 Å². The van der Waals surface area contributed by atoms with Gasteiger partial charge in [0.05, 0.1) is 0 Å². The van der Waals surface area contributed by atoms with Crippen LogP contribution in [0.3, 0.4) is 0 Å². The van der Waals surface area contributed by atoms with Crippen LogP contribution < -0.4 is 9.47 Å². The Balaban J connectivity index is 2.09. The second kappa shape index (κ2) is 5.40. The first-order valence-electron chi connectivity index (χ1n) is 5.35. The lowest BCUT2D eigenvalue weighted by atomic mass is 10.1. The number of unbranched alkanes of at least 4 members (excludes halogenated alkanes) is 1. The van der Waals surface area contributed by atoms with Crippen molar-refractivity contribution in [3.63, 3.8) is 0 Å². The molecule has 1 aliphatic heterocycles. The maximum absolute atomic E-state index is 5.65. The quantitative estimate of drug-likeness (QED) is 0.618. The zero-order valence-corrected chi connectivity index (χ0v) is 10.3. The van der Waals surface area contributed by atoms with Gasteiger partial charge < -0.3 is 9.47 Å². The van der Waals surface area contributed by atoms with Crippen molar-refractivity contribution in [2.75, 3.05) is 18.5 Å². The van der Waals surface area contributed by atoms with E-state index in [1.807, 2.05) is 12.1 Å². The molecular weight excluding hydrogens is 256 g/mol. The van der Waals surface area contributed by atoms with E-state index < -0.39 is 0 Å². The van der Waals surface area contributed by atoms with Crippen LogP contribution in [0.5, 0.6) is 11.5 Å². The Bertz CT molecular complexity index is 325. The molecule has 0 N–H and O–H groups in total. The van der Waals surface area contributed by atoms with Gasteiger partial charge in [0.2, 0.25) is 0 Å². The first kappa shape index (κ1) is 10.8. The molecule has 15 heavy (non-hydrogen) atoms. The molecule has 0 fully saturated rings. The average molecular weight is 271 g/mol. The molecule has 0 amide bonds. The van der Waals surface area contributed by atoms with Gasteiger partial charge in [0, 0.05) is 5.33 Å². The van der Waals surface area contributed by atoms with Crippen molar-refractivity contribution in [2.24, 2.45) is 0 Å². The van der Waals surface area contributed by atoms with Gasteiger partial charge in [0.1, 0.15) is 13.2 Å². The van der Waals surface area contributed by atoms with Gasteiger partial charge in [0.25, 0.3) is 0 Å². The summed E-state index contributed by atoms with van der Waals surface area (Å²) in [7, 11) is 0. The minimum absolute atomic E-state index is 0.665. The Labute approximate surface area is 98.7 Å². The molecule has 0 radical (unpaired) electrons. The Morgan fingerprint density at radius 2 is 2.00 bits per heavy atom. The number of para-hydroxylation sites is 1. The van der Waals surface area contributed by atoms with Gasteiger partial charge in [-0.3, -0.25) is 0 Å². The van der Waals surface area contributed by atoms with E-state index in [9.17, 15) is 0 Å². The molecule has 1 aliphatic rings. The third kappa shape index (κ3) is 2.65. The van der Waals surface area contributed by atoms with Gasteiger partial charge in [0.15, 0.2) is 11.5 Å². The number of fused-ring (bicyclic) bond motifs is 1. The molecule has 1 aromatic carbocycles. The van der Waals surface area contributed by atoms with Gasteiger partial charge >= 0.3 is 0 Å². The standard InChI is InChI=1S/C12H15BrO2/c13-7-2-1-4-10-5-3-6-11-12(10)15-9-8-14-11/h3,5-6H,1-2,4,7-9H2. The van der Waals surface area contributed by atoms with E-state index in [2.05, 4.69) is 22.0 Å². The van der Waals surface area contributed by atoms with E-state index in [4.69, 9.17) is 9.47 Å². The first-order valence-corrected chi connectivity index (χ1v) is 6.47. The molecular formula is C12H15BrO2. The molecule has 2 nitrogen and oxygen atoms in total. The Morgan fingerprint density at radius 1 is 1.13 bits per heavy atom. The number of aryl methyl sites for hydroxylation is 1. The number of hydrogen-bond donors (Lipinski definition) is 0. The van der Waals surface area contributed by atoms with E-state index in [1.165, 1.54) is 18.4 Å². The fourth-order valence-electron chi connectivity index (χ4n) is 1.74. The predicted molar refractivity (Wildman–Crippen MR) is 64.2 cm³/mol. The highest BCUT2D eigenvalue weighted by atomic mass is 79.9. The Kier molecular flexibility index (Phi) is 3.89. The van der Waals surface area contributed by atoms with Crippen LogP contribution in [0.2, 0.25) is 0 Å². The maximum atomic E-state index is 5.65. The van der Waals surface area contributed by atoms with Gasteiger partial charge in [-0.1, -0.05) is 28.1 Å². The molecule has 0 aliphatic carbocycles. The molecule has 82 valence electrons. The van der Waals surface area contributed by atoms with Crippen molar-refractivity contribution in [2.45, 2.75) is 19.3 Å². The lowest BCUT2D eigenvalue weighted by Crippen LogP contribution is -2.16. The largest absolute Gasteiger partial charge is 0.486 e. The number of ether oxygens (including phenoxy) is 2. The van der Waals surface area contributed by atoms with Crippen LogP contribution >= 0.6 is 15.9 Å². The summed E-state index contributed by atoms with van der Waals surface area (Å²) in [5.74, 6) is 1.86. The van der Waals surface area contributed by atoms with Gasteiger partial charge in [-0.2, -0.15) is 0 Å². The van der Waals surface area contributed by atoms with Crippen molar-refractivity contribution in [3.05, 3.63) is 23.8 Å². The summed E-state index contributed by atoms with van der Waals surface area (Å²) in [5.41, 5.74) is 1.27. The third-order valence-electron chi connectivity index (χ3n) is 2.48. The molecule has 0 unspecified atom stereocenters. The van der Waals surface area contributed by atoms with E-state index >= 15 is 0 Å². The Morgan fingerprint density at radius 3 is 2.87 bits per heavy atom. The van der Waals surface area contributed by atoms with E-state index in [-0.39, 0.29) is 0 Å². The molecule has 1 heterocycles. The smallest absolute Gasteiger partial charge is 0.164 e. The minimum Gasteiger partial charge on any atom is -0.486 e. The molecule has 0 spiro atoms. The summed E-state index contributed by atoms with van der Waals surface area (Å²) in [4.78, 5) is 0. The monoisotopic (exact) mass is 270 g/mol.